The number of rotatable bonds is 9. The Bertz CT molecular complexity index is 1330. The van der Waals surface area contributed by atoms with E-state index in [0.717, 1.165) is 64.9 Å². The average molecular weight is 560 g/mol. The van der Waals surface area contributed by atoms with Crippen molar-refractivity contribution in [2.75, 3.05) is 24.4 Å². The van der Waals surface area contributed by atoms with Crippen LogP contribution in [0, 0.1) is 11.3 Å². The molecule has 0 unspecified atom stereocenters. The van der Waals surface area contributed by atoms with Crippen LogP contribution in [-0.4, -0.2) is 32.8 Å². The highest BCUT2D eigenvalue weighted by Gasteiger charge is 2.27. The molecule has 210 valence electrons. The molecule has 2 N–H and O–H groups in total. The lowest BCUT2D eigenvalue weighted by Crippen LogP contribution is -2.36. The van der Waals surface area contributed by atoms with Gasteiger partial charge in [0.05, 0.1) is 13.7 Å². The Morgan fingerprint density at radius 2 is 1.77 bits per heavy atom. The Kier molecular flexibility index (Phi) is 12.0. The van der Waals surface area contributed by atoms with E-state index in [0.29, 0.717) is 18.0 Å². The zero-order valence-electron chi connectivity index (χ0n) is 23.5. The molecule has 1 saturated carbocycles. The van der Waals surface area contributed by atoms with E-state index in [-0.39, 0.29) is 11.8 Å². The Morgan fingerprint density at radius 3 is 2.40 bits per heavy atom. The van der Waals surface area contributed by atoms with Gasteiger partial charge in [-0.1, -0.05) is 73.3 Å². The van der Waals surface area contributed by atoms with Crippen LogP contribution in [0.2, 0.25) is 5.02 Å². The molecule has 0 aromatic heterocycles. The van der Waals surface area contributed by atoms with Gasteiger partial charge >= 0.3 is 0 Å². The fraction of sp³-hybridized carbons (Fsp3) is 0.303. The van der Waals surface area contributed by atoms with Gasteiger partial charge in [-0.2, -0.15) is 0 Å². The van der Waals surface area contributed by atoms with Gasteiger partial charge in [-0.15, -0.1) is 0 Å². The van der Waals surface area contributed by atoms with Crippen molar-refractivity contribution < 1.29 is 14.3 Å². The minimum Gasteiger partial charge on any atom is -0.471 e. The van der Waals surface area contributed by atoms with Crippen LogP contribution in [-0.2, 0) is 20.9 Å². The van der Waals surface area contributed by atoms with Crippen molar-refractivity contribution in [3.63, 3.8) is 0 Å². The van der Waals surface area contributed by atoms with Gasteiger partial charge in [0.1, 0.15) is 0 Å². The van der Waals surface area contributed by atoms with Gasteiger partial charge in [0, 0.05) is 41.1 Å². The second-order valence-electron chi connectivity index (χ2n) is 9.69. The molecule has 0 bridgehead atoms. The summed E-state index contributed by atoms with van der Waals surface area (Å²) >= 11 is 6.81. The predicted octanol–water partition coefficient (Wildman–Crippen LogP) is 7.98. The monoisotopic (exact) mass is 559 g/mol. The molecule has 0 spiro atoms. The van der Waals surface area contributed by atoms with Crippen molar-refractivity contribution in [3.8, 4) is 11.1 Å². The molecule has 1 amide bonds. The van der Waals surface area contributed by atoms with E-state index in [1.165, 1.54) is 19.7 Å². The van der Waals surface area contributed by atoms with E-state index in [1.807, 2.05) is 73.5 Å². The lowest BCUT2D eigenvalue weighted by atomic mass is 9.88. The van der Waals surface area contributed by atoms with Gasteiger partial charge in [0.15, 0.2) is 0 Å². The number of anilines is 2. The highest BCUT2D eigenvalue weighted by atomic mass is 35.5. The molecular weight excluding hydrogens is 522 g/mol. The number of carbonyl (C=O) groups excluding carboxylic acids is 2. The number of halogens is 1. The molecule has 40 heavy (non-hydrogen) atoms. The smallest absolute Gasteiger partial charge is 0.292 e. The molecule has 4 rings (SSSR count). The summed E-state index contributed by atoms with van der Waals surface area (Å²) in [6, 6.07) is 20.1. The van der Waals surface area contributed by atoms with Crippen molar-refractivity contribution in [2.24, 2.45) is 5.92 Å². The van der Waals surface area contributed by atoms with Gasteiger partial charge < -0.3 is 20.4 Å². The molecule has 0 atom stereocenters. The van der Waals surface area contributed by atoms with E-state index in [4.69, 9.17) is 21.8 Å². The van der Waals surface area contributed by atoms with Crippen LogP contribution in [0.25, 0.3) is 17.2 Å². The molecule has 0 saturated heterocycles. The van der Waals surface area contributed by atoms with Gasteiger partial charge in [0.25, 0.3) is 6.47 Å². The summed E-state index contributed by atoms with van der Waals surface area (Å²) in [6.45, 7) is 2.80. The Morgan fingerprint density at radius 1 is 1.07 bits per heavy atom. The quantitative estimate of drug-likeness (QED) is 0.206. The largest absolute Gasteiger partial charge is 0.471 e. The van der Waals surface area contributed by atoms with Gasteiger partial charge in [-0.25, -0.2) is 0 Å². The Balaban J connectivity index is 0.00000103. The third-order valence-corrected chi connectivity index (χ3v) is 7.40. The zero-order chi connectivity index (χ0) is 28.9. The lowest BCUT2D eigenvalue weighted by molar-refractivity contribution is -0.126. The lowest BCUT2D eigenvalue weighted by Gasteiger charge is -2.30. The SMILES string of the molecule is C/C=C/c1cccc(N(Cc2ccc(-c3ccc(NC)c(C=N)c3)cc2Cl)C(=O)C2CCCCC2)c1.COC=O. The van der Waals surface area contributed by atoms with Crippen molar-refractivity contribution >= 4 is 47.6 Å². The average Bonchev–Trinajstić information content (AvgIpc) is 3.00. The molecule has 0 heterocycles. The summed E-state index contributed by atoms with van der Waals surface area (Å²) in [4.78, 5) is 24.6. The molecule has 0 radical (unpaired) electrons. The molecule has 1 fully saturated rings. The number of carbonyl (C=O) groups is 2. The molecule has 0 aliphatic heterocycles. The summed E-state index contributed by atoms with van der Waals surface area (Å²) in [5, 5.41) is 11.5. The Hall–Kier alpha value is -3.90. The van der Waals surface area contributed by atoms with E-state index in [9.17, 15) is 4.79 Å². The predicted molar refractivity (Wildman–Crippen MR) is 166 cm³/mol. The topological polar surface area (TPSA) is 82.5 Å². The third-order valence-electron chi connectivity index (χ3n) is 7.05. The van der Waals surface area contributed by atoms with Gasteiger partial charge in [-0.3, -0.25) is 9.59 Å². The third kappa shape index (κ3) is 8.06. The van der Waals surface area contributed by atoms with Crippen LogP contribution in [0.3, 0.4) is 0 Å². The molecule has 1 aliphatic rings. The summed E-state index contributed by atoms with van der Waals surface area (Å²) < 4.78 is 3.86. The first-order chi connectivity index (χ1) is 19.4. The summed E-state index contributed by atoms with van der Waals surface area (Å²) in [7, 11) is 3.16. The number of allylic oxidation sites excluding steroid dienone is 1. The minimum absolute atomic E-state index is 0.0624. The van der Waals surface area contributed by atoms with Crippen LogP contribution >= 0.6 is 11.6 Å². The van der Waals surface area contributed by atoms with Crippen LogP contribution < -0.4 is 10.2 Å². The van der Waals surface area contributed by atoms with Crippen LogP contribution in [0.5, 0.6) is 0 Å². The second-order valence-corrected chi connectivity index (χ2v) is 10.1. The van der Waals surface area contributed by atoms with E-state index >= 15 is 0 Å². The summed E-state index contributed by atoms with van der Waals surface area (Å²) in [5.41, 5.74) is 6.60. The highest BCUT2D eigenvalue weighted by molar-refractivity contribution is 6.31. The maximum atomic E-state index is 13.7. The molecule has 3 aromatic rings. The number of ether oxygens (including phenoxy) is 1. The second kappa shape index (κ2) is 15.6. The standard InChI is InChI=1S/C31H34ClN3O.C2H4O2/c1-3-8-22-9-7-12-28(17-22)35(31(36)23-10-5-4-6-11-23)21-26-14-13-25(19-29(26)32)24-15-16-30(34-2)27(18-24)20-33;1-4-2-3/h3,7-9,12-20,23,33-34H,4-6,10-11,21H2,1-2H3;2H,1H3/b8-3+,33-20?;. The maximum absolute atomic E-state index is 13.7. The number of nitrogens with one attached hydrogen (secondary N) is 2. The first-order valence-corrected chi connectivity index (χ1v) is 13.9. The maximum Gasteiger partial charge on any atom is 0.292 e. The number of amides is 1. The van der Waals surface area contributed by atoms with E-state index in [1.54, 1.807) is 0 Å². The summed E-state index contributed by atoms with van der Waals surface area (Å²) in [5.74, 6) is 0.248. The number of hydrogen-bond donors (Lipinski definition) is 2. The van der Waals surface area contributed by atoms with Crippen molar-refractivity contribution in [1.29, 1.82) is 5.41 Å². The molecule has 3 aromatic carbocycles. The molecule has 1 aliphatic carbocycles. The number of hydrogen-bond acceptors (Lipinski definition) is 5. The molecule has 6 nitrogen and oxygen atoms in total. The van der Waals surface area contributed by atoms with Crippen LogP contribution in [0.15, 0.2) is 66.7 Å². The number of methoxy groups -OCH3 is 1. The van der Waals surface area contributed by atoms with E-state index < -0.39 is 0 Å². The van der Waals surface area contributed by atoms with Gasteiger partial charge in [0.2, 0.25) is 5.91 Å². The first kappa shape index (κ1) is 30.6. The fourth-order valence-corrected chi connectivity index (χ4v) is 5.21. The van der Waals surface area contributed by atoms with Crippen LogP contribution in [0.1, 0.15) is 55.7 Å². The van der Waals surface area contributed by atoms with Gasteiger partial charge in [-0.05, 0) is 72.4 Å². The highest BCUT2D eigenvalue weighted by Crippen LogP contribution is 2.32. The number of nitrogens with zero attached hydrogens (tertiary/aromatic N) is 1. The Labute approximate surface area is 242 Å². The van der Waals surface area contributed by atoms with Crippen LogP contribution in [0.4, 0.5) is 11.4 Å². The first-order valence-electron chi connectivity index (χ1n) is 13.6. The van der Waals surface area contributed by atoms with Crippen molar-refractivity contribution in [1.82, 2.24) is 0 Å². The van der Waals surface area contributed by atoms with E-state index in [2.05, 4.69) is 28.3 Å². The van der Waals surface area contributed by atoms with Crippen molar-refractivity contribution in [2.45, 2.75) is 45.6 Å². The normalized spacial score (nSPS) is 13.2. The summed E-state index contributed by atoms with van der Waals surface area (Å²) in [6.07, 6.45) is 10.8. The minimum atomic E-state index is 0.0624. The molecular formula is C33H38ClN3O3. The zero-order valence-corrected chi connectivity index (χ0v) is 24.2. The fourth-order valence-electron chi connectivity index (χ4n) is 4.97. The number of benzene rings is 3. The van der Waals surface area contributed by atoms with Crippen molar-refractivity contribution in [3.05, 3.63) is 88.5 Å². The molecule has 7 heteroatoms.